The molecular weight excluding hydrogens is 308 g/mol. The van der Waals surface area contributed by atoms with Gasteiger partial charge >= 0.3 is 0 Å². The van der Waals surface area contributed by atoms with Crippen molar-refractivity contribution in [1.82, 2.24) is 14.5 Å². The molecule has 4 aromatic rings. The fraction of sp³-hybridized carbons (Fsp3) is 0.176. The summed E-state index contributed by atoms with van der Waals surface area (Å²) in [7, 11) is 0. The molecule has 6 heteroatoms. The van der Waals surface area contributed by atoms with E-state index in [1.807, 2.05) is 31.5 Å². The third-order valence-electron chi connectivity index (χ3n) is 3.73. The van der Waals surface area contributed by atoms with E-state index in [2.05, 4.69) is 32.7 Å². The van der Waals surface area contributed by atoms with Crippen LogP contribution in [-0.4, -0.2) is 21.1 Å². The summed E-state index contributed by atoms with van der Waals surface area (Å²) >= 11 is 1.52. The lowest BCUT2D eigenvalue weighted by molar-refractivity contribution is 0.340. The summed E-state index contributed by atoms with van der Waals surface area (Å²) in [4.78, 5) is 8.77. The van der Waals surface area contributed by atoms with Crippen LogP contribution in [0.5, 0.6) is 5.75 Å². The standard InChI is InChI=1S/C17H16N4OS/c1-2-22-12-4-6-15-14(8-12)19-10-21(15)9-11-3-5-13-16(7-11)23-17(18)20-13/h3-8,10H,2,9H2,1H3,(H2,18,20). The van der Waals surface area contributed by atoms with Gasteiger partial charge in [0, 0.05) is 12.6 Å². The zero-order valence-corrected chi connectivity index (χ0v) is 13.5. The quantitative estimate of drug-likeness (QED) is 0.622. The van der Waals surface area contributed by atoms with Crippen molar-refractivity contribution in [2.45, 2.75) is 13.5 Å². The molecule has 0 saturated heterocycles. The van der Waals surface area contributed by atoms with Gasteiger partial charge in [-0.3, -0.25) is 0 Å². The van der Waals surface area contributed by atoms with Crippen LogP contribution in [0.25, 0.3) is 21.3 Å². The van der Waals surface area contributed by atoms with Crippen molar-refractivity contribution >= 4 is 37.7 Å². The molecule has 0 fully saturated rings. The highest BCUT2D eigenvalue weighted by atomic mass is 32.1. The molecule has 0 spiro atoms. The first kappa shape index (κ1) is 14.0. The van der Waals surface area contributed by atoms with Crippen LogP contribution >= 0.6 is 11.3 Å². The first-order valence-electron chi connectivity index (χ1n) is 7.45. The van der Waals surface area contributed by atoms with E-state index in [9.17, 15) is 0 Å². The number of fused-ring (bicyclic) bond motifs is 2. The number of aromatic nitrogens is 3. The molecule has 0 atom stereocenters. The Balaban J connectivity index is 1.68. The monoisotopic (exact) mass is 324 g/mol. The van der Waals surface area contributed by atoms with Crippen LogP contribution in [0.1, 0.15) is 12.5 Å². The second-order valence-electron chi connectivity index (χ2n) is 5.31. The van der Waals surface area contributed by atoms with E-state index in [-0.39, 0.29) is 0 Å². The Labute approximate surface area is 137 Å². The molecule has 0 unspecified atom stereocenters. The zero-order valence-electron chi connectivity index (χ0n) is 12.7. The summed E-state index contributed by atoms with van der Waals surface area (Å²) in [6.07, 6.45) is 1.87. The van der Waals surface area contributed by atoms with Gasteiger partial charge in [0.1, 0.15) is 5.75 Å². The van der Waals surface area contributed by atoms with Crippen molar-refractivity contribution in [1.29, 1.82) is 0 Å². The number of nitrogens with two attached hydrogens (primary N) is 1. The minimum Gasteiger partial charge on any atom is -0.494 e. The van der Waals surface area contributed by atoms with Crippen LogP contribution in [-0.2, 0) is 6.54 Å². The van der Waals surface area contributed by atoms with Crippen molar-refractivity contribution < 1.29 is 4.74 Å². The van der Waals surface area contributed by atoms with Crippen molar-refractivity contribution in [2.75, 3.05) is 12.3 Å². The van der Waals surface area contributed by atoms with E-state index in [4.69, 9.17) is 10.5 Å². The number of thiazole rings is 1. The van der Waals surface area contributed by atoms with Crippen LogP contribution in [0.3, 0.4) is 0 Å². The number of anilines is 1. The van der Waals surface area contributed by atoms with Crippen LogP contribution in [0, 0.1) is 0 Å². The van der Waals surface area contributed by atoms with Crippen LogP contribution in [0.15, 0.2) is 42.7 Å². The van der Waals surface area contributed by atoms with Gasteiger partial charge < -0.3 is 15.0 Å². The second-order valence-corrected chi connectivity index (χ2v) is 6.37. The Hall–Kier alpha value is -2.60. The van der Waals surface area contributed by atoms with Crippen LogP contribution < -0.4 is 10.5 Å². The van der Waals surface area contributed by atoms with E-state index in [1.165, 1.54) is 16.9 Å². The smallest absolute Gasteiger partial charge is 0.181 e. The van der Waals surface area contributed by atoms with Gasteiger partial charge in [-0.05, 0) is 36.8 Å². The Morgan fingerprint density at radius 2 is 2.09 bits per heavy atom. The molecule has 4 rings (SSSR count). The summed E-state index contributed by atoms with van der Waals surface area (Å²) in [5, 5.41) is 0.605. The third-order valence-corrected chi connectivity index (χ3v) is 4.57. The molecule has 5 nitrogen and oxygen atoms in total. The first-order valence-corrected chi connectivity index (χ1v) is 8.27. The molecule has 2 N–H and O–H groups in total. The number of ether oxygens (including phenoxy) is 1. The van der Waals surface area contributed by atoms with Crippen LogP contribution in [0.4, 0.5) is 5.13 Å². The van der Waals surface area contributed by atoms with E-state index in [0.717, 1.165) is 33.5 Å². The van der Waals surface area contributed by atoms with Crippen molar-refractivity contribution in [3.8, 4) is 5.75 Å². The molecule has 2 aromatic carbocycles. The highest BCUT2D eigenvalue weighted by Gasteiger charge is 2.07. The van der Waals surface area contributed by atoms with Crippen molar-refractivity contribution in [3.05, 3.63) is 48.3 Å². The maximum Gasteiger partial charge on any atom is 0.181 e. The SMILES string of the molecule is CCOc1ccc2c(c1)ncn2Cc1ccc2nc(N)sc2c1. The predicted molar refractivity (Wildman–Crippen MR) is 94.0 cm³/mol. The number of hydrogen-bond acceptors (Lipinski definition) is 5. The summed E-state index contributed by atoms with van der Waals surface area (Å²) in [6.45, 7) is 3.40. The molecule has 2 heterocycles. The normalized spacial score (nSPS) is 11.3. The summed E-state index contributed by atoms with van der Waals surface area (Å²) in [5.74, 6) is 0.854. The zero-order chi connectivity index (χ0) is 15.8. The molecular formula is C17H16N4OS. The fourth-order valence-electron chi connectivity index (χ4n) is 2.71. The Bertz CT molecular complexity index is 989. The lowest BCUT2D eigenvalue weighted by Gasteiger charge is -2.06. The average molecular weight is 324 g/mol. The molecule has 0 aliphatic rings. The van der Waals surface area contributed by atoms with Gasteiger partial charge in [-0.25, -0.2) is 9.97 Å². The minimum atomic E-state index is 0.605. The van der Waals surface area contributed by atoms with Gasteiger partial charge in [0.2, 0.25) is 0 Å². The molecule has 2 aromatic heterocycles. The van der Waals surface area contributed by atoms with Gasteiger partial charge in [0.15, 0.2) is 5.13 Å². The molecule has 23 heavy (non-hydrogen) atoms. The molecule has 0 aliphatic carbocycles. The van der Waals surface area contributed by atoms with Crippen molar-refractivity contribution in [2.24, 2.45) is 0 Å². The molecule has 0 bridgehead atoms. The highest BCUT2D eigenvalue weighted by Crippen LogP contribution is 2.26. The lowest BCUT2D eigenvalue weighted by Crippen LogP contribution is -1.98. The molecule has 0 amide bonds. The summed E-state index contributed by atoms with van der Waals surface area (Å²) < 4.78 is 8.77. The summed E-state index contributed by atoms with van der Waals surface area (Å²) in [5.41, 5.74) is 9.96. The highest BCUT2D eigenvalue weighted by molar-refractivity contribution is 7.22. The first-order chi connectivity index (χ1) is 11.2. The Morgan fingerprint density at radius 3 is 2.96 bits per heavy atom. The fourth-order valence-corrected chi connectivity index (χ4v) is 3.51. The minimum absolute atomic E-state index is 0.605. The van der Waals surface area contributed by atoms with E-state index in [0.29, 0.717) is 11.7 Å². The van der Waals surface area contributed by atoms with Crippen molar-refractivity contribution in [3.63, 3.8) is 0 Å². The molecule has 0 aliphatic heterocycles. The van der Waals surface area contributed by atoms with Gasteiger partial charge in [-0.1, -0.05) is 17.4 Å². The molecule has 0 saturated carbocycles. The topological polar surface area (TPSA) is 66.0 Å². The summed E-state index contributed by atoms with van der Waals surface area (Å²) in [6, 6.07) is 12.3. The Kier molecular flexibility index (Phi) is 3.38. The van der Waals surface area contributed by atoms with Gasteiger partial charge in [-0.2, -0.15) is 0 Å². The predicted octanol–water partition coefficient (Wildman–Crippen LogP) is 3.68. The van der Waals surface area contributed by atoms with Gasteiger partial charge in [0.05, 0.1) is 34.2 Å². The van der Waals surface area contributed by atoms with E-state index < -0.39 is 0 Å². The maximum absolute atomic E-state index is 5.77. The third kappa shape index (κ3) is 2.61. The molecule has 116 valence electrons. The van der Waals surface area contributed by atoms with Gasteiger partial charge in [0.25, 0.3) is 0 Å². The number of imidazole rings is 1. The number of rotatable bonds is 4. The van der Waals surface area contributed by atoms with E-state index in [1.54, 1.807) is 0 Å². The number of nitrogens with zero attached hydrogens (tertiary/aromatic N) is 3. The molecule has 0 radical (unpaired) electrons. The van der Waals surface area contributed by atoms with Gasteiger partial charge in [-0.15, -0.1) is 0 Å². The Morgan fingerprint density at radius 1 is 1.17 bits per heavy atom. The maximum atomic E-state index is 5.77. The average Bonchev–Trinajstić information content (AvgIpc) is 3.10. The largest absolute Gasteiger partial charge is 0.494 e. The number of benzene rings is 2. The lowest BCUT2D eigenvalue weighted by atomic mass is 10.2. The number of nitrogen functional groups attached to an aromatic ring is 1. The number of hydrogen-bond donors (Lipinski definition) is 1. The second kappa shape index (κ2) is 5.55. The van der Waals surface area contributed by atoms with Crippen LogP contribution in [0.2, 0.25) is 0 Å². The van der Waals surface area contributed by atoms with E-state index >= 15 is 0 Å².